The monoisotopic (exact) mass is 135 g/mol. The fourth-order valence-corrected chi connectivity index (χ4v) is 1.90. The lowest BCUT2D eigenvalue weighted by Gasteiger charge is -2.14. The van der Waals surface area contributed by atoms with Gasteiger partial charge in [0.25, 0.3) is 0 Å². The van der Waals surface area contributed by atoms with Crippen molar-refractivity contribution in [2.45, 2.75) is 32.1 Å². The van der Waals surface area contributed by atoms with Crippen LogP contribution in [0, 0.1) is 0 Å². The molecule has 2 aliphatic rings. The van der Waals surface area contributed by atoms with Crippen LogP contribution in [0.15, 0.2) is 22.9 Å². The second-order valence-corrected chi connectivity index (χ2v) is 3.15. The van der Waals surface area contributed by atoms with Crippen LogP contribution in [0.4, 0.5) is 0 Å². The Bertz CT molecular complexity index is 211. The Morgan fingerprint density at radius 2 is 2.00 bits per heavy atom. The lowest BCUT2D eigenvalue weighted by Crippen LogP contribution is -2.02. The minimum atomic E-state index is 1.06. The second-order valence-electron chi connectivity index (χ2n) is 3.15. The number of hydrogen-bond donors (Lipinski definition) is 1. The summed E-state index contributed by atoms with van der Waals surface area (Å²) in [6.45, 7) is 0. The number of nitrogens with two attached hydrogens (primary N) is 1. The molecule has 0 fully saturated rings. The van der Waals surface area contributed by atoms with Crippen molar-refractivity contribution in [1.29, 1.82) is 0 Å². The fourth-order valence-electron chi connectivity index (χ4n) is 1.90. The average molecular weight is 135 g/mol. The molecule has 1 heteroatoms. The van der Waals surface area contributed by atoms with Crippen molar-refractivity contribution < 1.29 is 0 Å². The standard InChI is InChI=1S/C9H13N/c10-9-6-5-7-3-1-2-4-8(7)9/h6H,1-5,10H2. The van der Waals surface area contributed by atoms with Crippen LogP contribution >= 0.6 is 0 Å². The molecule has 0 unspecified atom stereocenters. The molecule has 0 aliphatic heterocycles. The molecular weight excluding hydrogens is 122 g/mol. The summed E-state index contributed by atoms with van der Waals surface area (Å²) in [5.74, 6) is 0. The quantitative estimate of drug-likeness (QED) is 0.541. The van der Waals surface area contributed by atoms with Gasteiger partial charge in [-0.3, -0.25) is 0 Å². The molecule has 0 aromatic heterocycles. The molecule has 2 aliphatic carbocycles. The molecule has 0 amide bonds. The molecular formula is C9H13N. The van der Waals surface area contributed by atoms with Crippen LogP contribution in [0.3, 0.4) is 0 Å². The van der Waals surface area contributed by atoms with Crippen molar-refractivity contribution in [3.8, 4) is 0 Å². The number of hydrogen-bond acceptors (Lipinski definition) is 1. The molecule has 54 valence electrons. The van der Waals surface area contributed by atoms with Crippen LogP contribution in [-0.2, 0) is 0 Å². The van der Waals surface area contributed by atoms with E-state index in [9.17, 15) is 0 Å². The highest BCUT2D eigenvalue weighted by Gasteiger charge is 2.17. The molecule has 0 aromatic carbocycles. The van der Waals surface area contributed by atoms with Crippen LogP contribution in [-0.4, -0.2) is 0 Å². The van der Waals surface area contributed by atoms with Crippen molar-refractivity contribution in [1.82, 2.24) is 0 Å². The maximum atomic E-state index is 5.79. The van der Waals surface area contributed by atoms with Crippen molar-refractivity contribution in [3.63, 3.8) is 0 Å². The fraction of sp³-hybridized carbons (Fsp3) is 0.556. The minimum Gasteiger partial charge on any atom is -0.399 e. The van der Waals surface area contributed by atoms with Crippen LogP contribution < -0.4 is 5.73 Å². The Morgan fingerprint density at radius 3 is 2.80 bits per heavy atom. The molecule has 0 heterocycles. The van der Waals surface area contributed by atoms with E-state index in [-0.39, 0.29) is 0 Å². The van der Waals surface area contributed by atoms with E-state index in [2.05, 4.69) is 6.08 Å². The molecule has 10 heavy (non-hydrogen) atoms. The molecule has 0 spiro atoms. The molecule has 0 bridgehead atoms. The zero-order chi connectivity index (χ0) is 6.97. The predicted molar refractivity (Wildman–Crippen MR) is 42.4 cm³/mol. The van der Waals surface area contributed by atoms with Gasteiger partial charge in [-0.25, -0.2) is 0 Å². The third kappa shape index (κ3) is 0.772. The molecule has 1 nitrogen and oxygen atoms in total. The summed E-state index contributed by atoms with van der Waals surface area (Å²) in [5.41, 5.74) is 9.95. The van der Waals surface area contributed by atoms with Gasteiger partial charge in [0.15, 0.2) is 0 Å². The van der Waals surface area contributed by atoms with Crippen molar-refractivity contribution in [3.05, 3.63) is 22.9 Å². The lowest BCUT2D eigenvalue weighted by atomic mass is 9.93. The summed E-state index contributed by atoms with van der Waals surface area (Å²) >= 11 is 0. The Kier molecular flexibility index (Phi) is 1.30. The highest BCUT2D eigenvalue weighted by Crippen LogP contribution is 2.34. The third-order valence-corrected chi connectivity index (χ3v) is 2.50. The summed E-state index contributed by atoms with van der Waals surface area (Å²) in [5, 5.41) is 0. The van der Waals surface area contributed by atoms with E-state index in [1.54, 1.807) is 5.57 Å². The summed E-state index contributed by atoms with van der Waals surface area (Å²) < 4.78 is 0. The van der Waals surface area contributed by atoms with Crippen LogP contribution in [0.5, 0.6) is 0 Å². The van der Waals surface area contributed by atoms with Crippen LogP contribution in [0.2, 0.25) is 0 Å². The van der Waals surface area contributed by atoms with Gasteiger partial charge in [-0.1, -0.05) is 11.6 Å². The highest BCUT2D eigenvalue weighted by atomic mass is 14.6. The van der Waals surface area contributed by atoms with Crippen LogP contribution in [0.1, 0.15) is 32.1 Å². The zero-order valence-electron chi connectivity index (χ0n) is 6.19. The van der Waals surface area contributed by atoms with E-state index in [0.717, 1.165) is 12.1 Å². The third-order valence-electron chi connectivity index (χ3n) is 2.50. The lowest BCUT2D eigenvalue weighted by molar-refractivity contribution is 0.676. The van der Waals surface area contributed by atoms with Gasteiger partial charge in [0, 0.05) is 5.70 Å². The smallest absolute Gasteiger partial charge is 0.0308 e. The number of allylic oxidation sites excluding steroid dienone is 3. The topological polar surface area (TPSA) is 26.0 Å². The van der Waals surface area contributed by atoms with Crippen molar-refractivity contribution >= 4 is 0 Å². The largest absolute Gasteiger partial charge is 0.399 e. The molecule has 2 N–H and O–H groups in total. The summed E-state index contributed by atoms with van der Waals surface area (Å²) in [7, 11) is 0. The first-order valence-electron chi connectivity index (χ1n) is 4.05. The van der Waals surface area contributed by atoms with Gasteiger partial charge in [0.1, 0.15) is 0 Å². The van der Waals surface area contributed by atoms with E-state index in [0.29, 0.717) is 0 Å². The van der Waals surface area contributed by atoms with E-state index < -0.39 is 0 Å². The Balaban J connectivity index is 2.28. The summed E-state index contributed by atoms with van der Waals surface area (Å²) in [6, 6.07) is 0. The maximum Gasteiger partial charge on any atom is 0.0308 e. The Labute approximate surface area is 61.6 Å². The normalized spacial score (nSPS) is 24.6. The first kappa shape index (κ1) is 6.02. The van der Waals surface area contributed by atoms with E-state index in [4.69, 9.17) is 5.73 Å². The van der Waals surface area contributed by atoms with Crippen LogP contribution in [0.25, 0.3) is 0 Å². The Hall–Kier alpha value is -0.720. The summed E-state index contributed by atoms with van der Waals surface area (Å²) in [4.78, 5) is 0. The predicted octanol–water partition coefficient (Wildman–Crippen LogP) is 2.10. The van der Waals surface area contributed by atoms with Gasteiger partial charge in [0.2, 0.25) is 0 Å². The van der Waals surface area contributed by atoms with Gasteiger partial charge < -0.3 is 5.73 Å². The molecule has 0 atom stereocenters. The minimum absolute atomic E-state index is 1.06. The van der Waals surface area contributed by atoms with Crippen molar-refractivity contribution in [2.24, 2.45) is 5.73 Å². The van der Waals surface area contributed by atoms with Gasteiger partial charge in [-0.2, -0.15) is 0 Å². The number of rotatable bonds is 0. The highest BCUT2D eigenvalue weighted by molar-refractivity contribution is 5.41. The average Bonchev–Trinajstić information content (AvgIpc) is 2.34. The SMILES string of the molecule is NC1=CCC2=C1CCCC2. The van der Waals surface area contributed by atoms with Gasteiger partial charge in [-0.05, 0) is 37.7 Å². The molecule has 2 rings (SSSR count). The van der Waals surface area contributed by atoms with Gasteiger partial charge in [-0.15, -0.1) is 0 Å². The van der Waals surface area contributed by atoms with E-state index in [1.165, 1.54) is 31.3 Å². The van der Waals surface area contributed by atoms with Gasteiger partial charge >= 0.3 is 0 Å². The first-order chi connectivity index (χ1) is 4.88. The first-order valence-corrected chi connectivity index (χ1v) is 4.05. The van der Waals surface area contributed by atoms with E-state index in [1.807, 2.05) is 0 Å². The van der Waals surface area contributed by atoms with Gasteiger partial charge in [0.05, 0.1) is 0 Å². The Morgan fingerprint density at radius 1 is 1.20 bits per heavy atom. The van der Waals surface area contributed by atoms with Crippen molar-refractivity contribution in [2.75, 3.05) is 0 Å². The zero-order valence-corrected chi connectivity index (χ0v) is 6.19. The molecule has 0 saturated carbocycles. The molecule has 0 aromatic rings. The summed E-state index contributed by atoms with van der Waals surface area (Å²) in [6.07, 6.45) is 8.55. The molecule has 0 radical (unpaired) electrons. The van der Waals surface area contributed by atoms with E-state index >= 15 is 0 Å². The molecule has 0 saturated heterocycles. The maximum absolute atomic E-state index is 5.79. The second kappa shape index (κ2) is 2.15.